The van der Waals surface area contributed by atoms with Crippen LogP contribution >= 0.6 is 0 Å². The highest BCUT2D eigenvalue weighted by Crippen LogP contribution is 2.27. The van der Waals surface area contributed by atoms with Gasteiger partial charge in [0, 0.05) is 19.1 Å². The zero-order chi connectivity index (χ0) is 13.7. The largest absolute Gasteiger partial charge is 0.337 e. The van der Waals surface area contributed by atoms with Crippen molar-refractivity contribution in [2.75, 3.05) is 26.7 Å². The van der Waals surface area contributed by atoms with E-state index in [1.165, 1.54) is 6.42 Å². The molecular formula is C14H24N4O. The SMILES string of the molecule is CNC1CCN(CC(=O)NC2(C#N)CCCCC2)C1. The smallest absolute Gasteiger partial charge is 0.235 e. The predicted octanol–water partition coefficient (Wildman–Crippen LogP) is 0.623. The molecule has 2 aliphatic rings. The maximum Gasteiger partial charge on any atom is 0.235 e. The van der Waals surface area contributed by atoms with Gasteiger partial charge in [-0.2, -0.15) is 5.26 Å². The summed E-state index contributed by atoms with van der Waals surface area (Å²) < 4.78 is 0. The number of hydrogen-bond donors (Lipinski definition) is 2. The quantitative estimate of drug-likeness (QED) is 0.781. The summed E-state index contributed by atoms with van der Waals surface area (Å²) in [4.78, 5) is 14.3. The van der Waals surface area contributed by atoms with E-state index in [1.54, 1.807) is 0 Å². The first-order valence-electron chi connectivity index (χ1n) is 7.29. The summed E-state index contributed by atoms with van der Waals surface area (Å²) in [7, 11) is 1.96. The average Bonchev–Trinajstić information content (AvgIpc) is 2.87. The van der Waals surface area contributed by atoms with Crippen molar-refractivity contribution in [1.29, 1.82) is 5.26 Å². The molecule has 1 saturated carbocycles. The first-order valence-corrected chi connectivity index (χ1v) is 7.29. The Morgan fingerprint density at radius 2 is 2.16 bits per heavy atom. The van der Waals surface area contributed by atoms with Crippen molar-refractivity contribution in [1.82, 2.24) is 15.5 Å². The van der Waals surface area contributed by atoms with Crippen molar-refractivity contribution in [3.8, 4) is 6.07 Å². The van der Waals surface area contributed by atoms with Crippen molar-refractivity contribution < 1.29 is 4.79 Å². The fraction of sp³-hybridized carbons (Fsp3) is 0.857. The maximum absolute atomic E-state index is 12.1. The molecule has 0 radical (unpaired) electrons. The van der Waals surface area contributed by atoms with Crippen LogP contribution in [0.4, 0.5) is 0 Å². The van der Waals surface area contributed by atoms with Gasteiger partial charge in [0.05, 0.1) is 12.6 Å². The van der Waals surface area contributed by atoms with Crippen molar-refractivity contribution >= 4 is 5.91 Å². The Balaban J connectivity index is 1.82. The zero-order valence-electron chi connectivity index (χ0n) is 11.7. The standard InChI is InChI=1S/C14H24N4O/c1-16-12-5-8-18(9-12)10-13(19)17-14(11-15)6-3-2-4-7-14/h12,16H,2-10H2,1H3,(H,17,19). The molecule has 5 heteroatoms. The van der Waals surface area contributed by atoms with E-state index in [-0.39, 0.29) is 5.91 Å². The lowest BCUT2D eigenvalue weighted by Crippen LogP contribution is -2.51. The molecule has 1 aliphatic heterocycles. The first kappa shape index (κ1) is 14.3. The summed E-state index contributed by atoms with van der Waals surface area (Å²) >= 11 is 0. The Kier molecular flexibility index (Phi) is 4.78. The second kappa shape index (κ2) is 6.36. The molecule has 0 aromatic heterocycles. The van der Waals surface area contributed by atoms with Gasteiger partial charge in [0.15, 0.2) is 0 Å². The maximum atomic E-state index is 12.1. The summed E-state index contributed by atoms with van der Waals surface area (Å²) in [5, 5.41) is 15.6. The van der Waals surface area contributed by atoms with Gasteiger partial charge in [-0.25, -0.2) is 0 Å². The first-order chi connectivity index (χ1) is 9.17. The van der Waals surface area contributed by atoms with Gasteiger partial charge in [0.1, 0.15) is 5.54 Å². The van der Waals surface area contributed by atoms with E-state index in [0.29, 0.717) is 12.6 Å². The van der Waals surface area contributed by atoms with Gasteiger partial charge < -0.3 is 10.6 Å². The number of amides is 1. The van der Waals surface area contributed by atoms with Gasteiger partial charge in [0.25, 0.3) is 0 Å². The van der Waals surface area contributed by atoms with Crippen LogP contribution in [0.3, 0.4) is 0 Å². The number of nitrogens with one attached hydrogen (secondary N) is 2. The van der Waals surface area contributed by atoms with E-state index in [2.05, 4.69) is 21.6 Å². The minimum Gasteiger partial charge on any atom is -0.337 e. The van der Waals surface area contributed by atoms with Gasteiger partial charge in [-0.15, -0.1) is 0 Å². The molecule has 2 rings (SSSR count). The molecule has 2 fully saturated rings. The summed E-state index contributed by atoms with van der Waals surface area (Å²) in [5.74, 6) is 0.000188. The Hall–Kier alpha value is -1.12. The number of likely N-dealkylation sites (tertiary alicyclic amines) is 1. The highest BCUT2D eigenvalue weighted by Gasteiger charge is 2.34. The van der Waals surface area contributed by atoms with Gasteiger partial charge in [0.2, 0.25) is 5.91 Å². The van der Waals surface area contributed by atoms with Gasteiger partial charge in [-0.3, -0.25) is 9.69 Å². The van der Waals surface area contributed by atoms with Gasteiger partial charge in [-0.05, 0) is 26.3 Å². The van der Waals surface area contributed by atoms with Crippen LogP contribution in [-0.4, -0.2) is 49.1 Å². The van der Waals surface area contributed by atoms with Crippen LogP contribution in [0.1, 0.15) is 38.5 Å². The van der Waals surface area contributed by atoms with Crippen LogP contribution in [-0.2, 0) is 4.79 Å². The molecule has 1 unspecified atom stereocenters. The summed E-state index contributed by atoms with van der Waals surface area (Å²) in [6.07, 6.45) is 5.95. The molecule has 106 valence electrons. The topological polar surface area (TPSA) is 68.2 Å². The minimum absolute atomic E-state index is 0.000188. The fourth-order valence-electron chi connectivity index (χ4n) is 3.14. The second-order valence-electron chi connectivity index (χ2n) is 5.81. The highest BCUT2D eigenvalue weighted by molar-refractivity contribution is 5.79. The van der Waals surface area contributed by atoms with Crippen LogP contribution in [0.25, 0.3) is 0 Å². The van der Waals surface area contributed by atoms with E-state index in [4.69, 9.17) is 0 Å². The number of nitriles is 1. The van der Waals surface area contributed by atoms with E-state index in [9.17, 15) is 10.1 Å². The highest BCUT2D eigenvalue weighted by atomic mass is 16.2. The van der Waals surface area contributed by atoms with Crippen LogP contribution in [0.2, 0.25) is 0 Å². The third-order valence-electron chi connectivity index (χ3n) is 4.35. The molecule has 0 aromatic carbocycles. The number of carbonyl (C=O) groups excluding carboxylic acids is 1. The molecule has 1 atom stereocenters. The molecule has 1 amide bonds. The van der Waals surface area contributed by atoms with E-state index in [0.717, 1.165) is 45.2 Å². The number of likely N-dealkylation sites (N-methyl/N-ethyl adjacent to an activating group) is 1. The third-order valence-corrected chi connectivity index (χ3v) is 4.35. The van der Waals surface area contributed by atoms with Crippen LogP contribution in [0.15, 0.2) is 0 Å². The molecule has 1 aliphatic carbocycles. The molecule has 0 spiro atoms. The lowest BCUT2D eigenvalue weighted by atomic mass is 9.83. The predicted molar refractivity (Wildman–Crippen MR) is 73.5 cm³/mol. The minimum atomic E-state index is -0.600. The summed E-state index contributed by atoms with van der Waals surface area (Å²) in [5.41, 5.74) is -0.600. The zero-order valence-corrected chi connectivity index (χ0v) is 11.7. The molecule has 0 aromatic rings. The van der Waals surface area contributed by atoms with Crippen molar-refractivity contribution in [2.45, 2.75) is 50.1 Å². The fourth-order valence-corrected chi connectivity index (χ4v) is 3.14. The Labute approximate surface area is 115 Å². The molecule has 0 bridgehead atoms. The monoisotopic (exact) mass is 264 g/mol. The number of rotatable bonds is 4. The van der Waals surface area contributed by atoms with Crippen molar-refractivity contribution in [3.05, 3.63) is 0 Å². The summed E-state index contributed by atoms with van der Waals surface area (Å²) in [6.45, 7) is 2.30. The normalized spacial score (nSPS) is 26.8. The van der Waals surface area contributed by atoms with Crippen LogP contribution in [0.5, 0.6) is 0 Å². The second-order valence-corrected chi connectivity index (χ2v) is 5.81. The van der Waals surface area contributed by atoms with Crippen LogP contribution < -0.4 is 10.6 Å². The van der Waals surface area contributed by atoms with Gasteiger partial charge >= 0.3 is 0 Å². The van der Waals surface area contributed by atoms with E-state index in [1.807, 2.05) is 7.05 Å². The molecule has 2 N–H and O–H groups in total. The number of nitrogens with zero attached hydrogens (tertiary/aromatic N) is 2. The Morgan fingerprint density at radius 1 is 1.42 bits per heavy atom. The lowest BCUT2D eigenvalue weighted by Gasteiger charge is -2.32. The molecular weight excluding hydrogens is 240 g/mol. The average molecular weight is 264 g/mol. The van der Waals surface area contributed by atoms with E-state index >= 15 is 0 Å². The molecule has 1 heterocycles. The molecule has 1 saturated heterocycles. The summed E-state index contributed by atoms with van der Waals surface area (Å²) in [6, 6.07) is 2.82. The lowest BCUT2D eigenvalue weighted by molar-refractivity contribution is -0.123. The van der Waals surface area contributed by atoms with Crippen molar-refractivity contribution in [3.63, 3.8) is 0 Å². The van der Waals surface area contributed by atoms with Crippen LogP contribution in [0, 0.1) is 11.3 Å². The third kappa shape index (κ3) is 3.68. The van der Waals surface area contributed by atoms with Gasteiger partial charge in [-0.1, -0.05) is 19.3 Å². The number of hydrogen-bond acceptors (Lipinski definition) is 4. The number of carbonyl (C=O) groups is 1. The molecule has 19 heavy (non-hydrogen) atoms. The Morgan fingerprint density at radius 3 is 2.74 bits per heavy atom. The van der Waals surface area contributed by atoms with Crippen molar-refractivity contribution in [2.24, 2.45) is 0 Å². The Bertz CT molecular complexity index is 357. The van der Waals surface area contributed by atoms with E-state index < -0.39 is 5.54 Å². The molecule has 5 nitrogen and oxygen atoms in total.